The Morgan fingerprint density at radius 3 is 2.63 bits per heavy atom. The fourth-order valence-corrected chi connectivity index (χ4v) is 5.35. The lowest BCUT2D eigenvalue weighted by Crippen LogP contribution is -2.21. The van der Waals surface area contributed by atoms with Crippen molar-refractivity contribution in [2.45, 2.75) is 58.7 Å². The van der Waals surface area contributed by atoms with Crippen LogP contribution in [0.3, 0.4) is 0 Å². The van der Waals surface area contributed by atoms with Crippen LogP contribution in [0.5, 0.6) is 11.6 Å². The average molecular weight is 520 g/mol. The van der Waals surface area contributed by atoms with E-state index < -0.39 is 5.60 Å². The van der Waals surface area contributed by atoms with Gasteiger partial charge in [0.2, 0.25) is 5.88 Å². The maximum atomic E-state index is 14.8. The Morgan fingerprint density at radius 1 is 1.16 bits per heavy atom. The SMILES string of the molecule is CCOC(=O)[C@H]1[C@@H]2Cc3cc(OCc4cc(-c5ccc(OCCC(C)(C)O)cc5)c(C)cc4F)ncc3[C@@H]21. The average Bonchev–Trinajstić information content (AvgIpc) is 3.45. The highest BCUT2D eigenvalue weighted by atomic mass is 19.1. The van der Waals surface area contributed by atoms with E-state index in [-0.39, 0.29) is 36.1 Å². The van der Waals surface area contributed by atoms with Crippen molar-refractivity contribution < 1.29 is 28.5 Å². The van der Waals surface area contributed by atoms with Crippen molar-refractivity contribution in [2.24, 2.45) is 11.8 Å². The van der Waals surface area contributed by atoms with Gasteiger partial charge >= 0.3 is 5.97 Å². The van der Waals surface area contributed by atoms with Gasteiger partial charge in [-0.25, -0.2) is 9.37 Å². The lowest BCUT2D eigenvalue weighted by molar-refractivity contribution is -0.145. The van der Waals surface area contributed by atoms with Crippen LogP contribution in [-0.4, -0.2) is 34.9 Å². The van der Waals surface area contributed by atoms with Crippen molar-refractivity contribution in [1.82, 2.24) is 4.98 Å². The van der Waals surface area contributed by atoms with Crippen LogP contribution < -0.4 is 9.47 Å². The summed E-state index contributed by atoms with van der Waals surface area (Å²) in [7, 11) is 0. The third kappa shape index (κ3) is 5.53. The highest BCUT2D eigenvalue weighted by molar-refractivity contribution is 5.79. The first-order valence-corrected chi connectivity index (χ1v) is 13.2. The minimum atomic E-state index is -0.771. The van der Waals surface area contributed by atoms with E-state index in [0.717, 1.165) is 40.0 Å². The molecular weight excluding hydrogens is 485 g/mol. The molecule has 1 saturated carbocycles. The maximum absolute atomic E-state index is 14.8. The summed E-state index contributed by atoms with van der Waals surface area (Å²) in [6, 6.07) is 12.9. The summed E-state index contributed by atoms with van der Waals surface area (Å²) in [5.41, 5.74) is 4.60. The van der Waals surface area contributed by atoms with Crippen LogP contribution in [0.2, 0.25) is 0 Å². The number of aryl methyl sites for hydroxylation is 1. The zero-order valence-electron chi connectivity index (χ0n) is 22.3. The van der Waals surface area contributed by atoms with Crippen LogP contribution in [0, 0.1) is 24.6 Å². The van der Waals surface area contributed by atoms with Crippen LogP contribution in [-0.2, 0) is 22.6 Å². The molecule has 2 aromatic carbocycles. The summed E-state index contributed by atoms with van der Waals surface area (Å²) in [6.07, 6.45) is 3.13. The molecule has 38 heavy (non-hydrogen) atoms. The van der Waals surface area contributed by atoms with Crippen molar-refractivity contribution in [3.8, 4) is 22.8 Å². The number of rotatable bonds is 10. The summed E-state index contributed by atoms with van der Waals surface area (Å²) >= 11 is 0. The van der Waals surface area contributed by atoms with E-state index >= 15 is 0 Å². The second-order valence-corrected chi connectivity index (χ2v) is 10.9. The fourth-order valence-electron chi connectivity index (χ4n) is 5.35. The molecule has 0 amide bonds. The molecule has 0 saturated heterocycles. The first-order valence-electron chi connectivity index (χ1n) is 13.2. The van der Waals surface area contributed by atoms with Crippen LogP contribution in [0.1, 0.15) is 55.4 Å². The molecule has 0 bridgehead atoms. The predicted octanol–water partition coefficient (Wildman–Crippen LogP) is 5.76. The first-order chi connectivity index (χ1) is 18.1. The number of fused-ring (bicyclic) bond motifs is 3. The molecule has 2 aliphatic carbocycles. The van der Waals surface area contributed by atoms with Crippen molar-refractivity contribution in [3.05, 3.63) is 76.7 Å². The number of esters is 1. The minimum absolute atomic E-state index is 0.0515. The van der Waals surface area contributed by atoms with Crippen LogP contribution in [0.4, 0.5) is 4.39 Å². The lowest BCUT2D eigenvalue weighted by atomic mass is 9.98. The maximum Gasteiger partial charge on any atom is 0.309 e. The number of hydrogen-bond acceptors (Lipinski definition) is 6. The molecule has 0 unspecified atom stereocenters. The molecule has 1 heterocycles. The van der Waals surface area contributed by atoms with Gasteiger partial charge in [0.15, 0.2) is 0 Å². The lowest BCUT2D eigenvalue weighted by Gasteiger charge is -2.17. The normalized spacial score (nSPS) is 19.5. The highest BCUT2D eigenvalue weighted by Gasteiger charge is 2.60. The molecule has 6 nitrogen and oxygen atoms in total. The van der Waals surface area contributed by atoms with E-state index in [1.165, 1.54) is 6.07 Å². The second-order valence-electron chi connectivity index (χ2n) is 10.9. The van der Waals surface area contributed by atoms with E-state index in [9.17, 15) is 14.3 Å². The molecule has 200 valence electrons. The zero-order chi connectivity index (χ0) is 27.0. The monoisotopic (exact) mass is 519 g/mol. The molecule has 1 N–H and O–H groups in total. The van der Waals surface area contributed by atoms with Gasteiger partial charge in [0.25, 0.3) is 0 Å². The molecule has 3 atom stereocenters. The van der Waals surface area contributed by atoms with Crippen molar-refractivity contribution in [1.29, 1.82) is 0 Å². The highest BCUT2D eigenvalue weighted by Crippen LogP contribution is 2.61. The molecule has 0 aliphatic heterocycles. The Labute approximate surface area is 222 Å². The number of halogens is 1. The summed E-state index contributed by atoms with van der Waals surface area (Å²) < 4.78 is 31.6. The van der Waals surface area contributed by atoms with E-state index in [0.29, 0.717) is 31.1 Å². The fraction of sp³-hybridized carbons (Fsp3) is 0.419. The molecule has 2 aliphatic rings. The number of ether oxygens (including phenoxy) is 3. The quantitative estimate of drug-likeness (QED) is 0.343. The van der Waals surface area contributed by atoms with Crippen LogP contribution >= 0.6 is 0 Å². The Balaban J connectivity index is 1.24. The molecular formula is C31H34FNO5. The molecule has 1 fully saturated rings. The summed E-state index contributed by atoms with van der Waals surface area (Å²) in [5.74, 6) is 1.16. The second kappa shape index (κ2) is 10.4. The number of carbonyl (C=O) groups is 1. The van der Waals surface area contributed by atoms with Gasteiger partial charge in [0, 0.05) is 30.2 Å². The van der Waals surface area contributed by atoms with E-state index in [2.05, 4.69) is 4.98 Å². The molecule has 5 rings (SSSR count). The number of benzene rings is 2. The standard InChI is InChI=1S/C31H34FNO5/c1-5-36-30(34)29-24-13-20-15-27(33-16-25(20)28(24)29)38-17-21-14-23(18(2)12-26(21)32)19-6-8-22(9-7-19)37-11-10-31(3,4)35/h6-9,12,14-16,24,28-29,35H,5,10-11,13,17H2,1-4H3/t24-,28-,29+/m1/s1. The van der Waals surface area contributed by atoms with Gasteiger partial charge in [0.05, 0.1) is 24.7 Å². The van der Waals surface area contributed by atoms with Gasteiger partial charge < -0.3 is 19.3 Å². The van der Waals surface area contributed by atoms with E-state index in [1.807, 2.05) is 50.2 Å². The Morgan fingerprint density at radius 2 is 1.92 bits per heavy atom. The number of carbonyl (C=O) groups excluding carboxylic acids is 1. The number of pyridine rings is 1. The first kappa shape index (κ1) is 26.2. The minimum Gasteiger partial charge on any atom is -0.493 e. The van der Waals surface area contributed by atoms with Crippen molar-refractivity contribution in [3.63, 3.8) is 0 Å². The van der Waals surface area contributed by atoms with Crippen LogP contribution in [0.25, 0.3) is 11.1 Å². The third-order valence-electron chi connectivity index (χ3n) is 7.46. The Kier molecular flexibility index (Phi) is 7.14. The molecule has 0 radical (unpaired) electrons. The molecule has 3 aromatic rings. The number of aliphatic hydroxyl groups is 1. The topological polar surface area (TPSA) is 77.9 Å². The van der Waals surface area contributed by atoms with Crippen LogP contribution in [0.15, 0.2) is 48.7 Å². The summed E-state index contributed by atoms with van der Waals surface area (Å²) in [5, 5.41) is 9.84. The zero-order valence-corrected chi connectivity index (χ0v) is 22.3. The van der Waals surface area contributed by atoms with Gasteiger partial charge in [-0.3, -0.25) is 4.79 Å². The molecule has 7 heteroatoms. The van der Waals surface area contributed by atoms with Gasteiger partial charge in [-0.2, -0.15) is 0 Å². The molecule has 1 aromatic heterocycles. The van der Waals surface area contributed by atoms with Crippen molar-refractivity contribution >= 4 is 5.97 Å². The van der Waals surface area contributed by atoms with Crippen molar-refractivity contribution in [2.75, 3.05) is 13.2 Å². The molecule has 0 spiro atoms. The van der Waals surface area contributed by atoms with Gasteiger partial charge in [-0.1, -0.05) is 12.1 Å². The number of aromatic nitrogens is 1. The Hall–Kier alpha value is -3.45. The largest absolute Gasteiger partial charge is 0.493 e. The van der Waals surface area contributed by atoms with Gasteiger partial charge in [-0.05, 0) is 92.1 Å². The summed E-state index contributed by atoms with van der Waals surface area (Å²) in [4.78, 5) is 16.5. The third-order valence-corrected chi connectivity index (χ3v) is 7.46. The Bertz CT molecular complexity index is 1330. The number of nitrogens with zero attached hydrogens (tertiary/aromatic N) is 1. The van der Waals surface area contributed by atoms with Gasteiger partial charge in [0.1, 0.15) is 18.2 Å². The van der Waals surface area contributed by atoms with Gasteiger partial charge in [-0.15, -0.1) is 0 Å². The van der Waals surface area contributed by atoms with E-state index in [1.54, 1.807) is 20.0 Å². The van der Waals surface area contributed by atoms with E-state index in [4.69, 9.17) is 14.2 Å². The predicted molar refractivity (Wildman–Crippen MR) is 142 cm³/mol. The smallest absolute Gasteiger partial charge is 0.309 e. The summed E-state index contributed by atoms with van der Waals surface area (Å²) in [6.45, 7) is 8.09. The number of hydrogen-bond donors (Lipinski definition) is 1.